The van der Waals surface area contributed by atoms with Gasteiger partial charge in [-0.15, -0.1) is 0 Å². The van der Waals surface area contributed by atoms with Crippen molar-refractivity contribution < 1.29 is 0 Å². The Morgan fingerprint density at radius 2 is 0.893 bits per heavy atom. The van der Waals surface area contributed by atoms with Crippen LogP contribution in [0, 0.1) is 0 Å². The van der Waals surface area contributed by atoms with E-state index in [1.807, 2.05) is 0 Å². The lowest BCUT2D eigenvalue weighted by molar-refractivity contribution is 0.137. The van der Waals surface area contributed by atoms with Crippen LogP contribution in [0.15, 0.2) is 12.4 Å². The Hall–Kier alpha value is -0.660. The quantitative estimate of drug-likeness (QED) is 0.192. The first-order chi connectivity index (χ1) is 13.8. The van der Waals surface area contributed by atoms with Crippen molar-refractivity contribution in [2.24, 2.45) is 0 Å². The second kappa shape index (κ2) is 18.4. The topological polar surface area (TPSA) is 6.48 Å². The molecular formula is C26H52N2. The van der Waals surface area contributed by atoms with E-state index in [-0.39, 0.29) is 0 Å². The molecule has 0 bridgehead atoms. The molecule has 1 heterocycles. The predicted molar refractivity (Wildman–Crippen MR) is 126 cm³/mol. The minimum atomic E-state index is 0.642. The number of nitrogens with zero attached hydrogens (tertiary/aromatic N) is 2. The number of hydrogen-bond donors (Lipinski definition) is 0. The number of rotatable bonds is 20. The standard InChI is InChI=1S/C26H52N2/c1-4-7-9-10-11-12-13-14-15-16-17-18-20-23-28-25-24-27(22-6-3)26(28)21-19-8-5-2/h24-26H,4-23H2,1-3H3. The summed E-state index contributed by atoms with van der Waals surface area (Å²) < 4.78 is 0. The Kier molecular flexibility index (Phi) is 16.7. The summed E-state index contributed by atoms with van der Waals surface area (Å²) in [6.07, 6.45) is 30.8. The third-order valence-corrected chi connectivity index (χ3v) is 6.28. The van der Waals surface area contributed by atoms with Crippen LogP contribution in [-0.4, -0.2) is 29.1 Å². The maximum absolute atomic E-state index is 2.63. The van der Waals surface area contributed by atoms with Crippen LogP contribution in [0.25, 0.3) is 0 Å². The highest BCUT2D eigenvalue weighted by molar-refractivity contribution is 4.96. The van der Waals surface area contributed by atoms with Gasteiger partial charge in [0.1, 0.15) is 6.17 Å². The van der Waals surface area contributed by atoms with Gasteiger partial charge in [-0.05, 0) is 25.7 Å². The first-order valence-electron chi connectivity index (χ1n) is 13.0. The van der Waals surface area contributed by atoms with Crippen molar-refractivity contribution in [3.8, 4) is 0 Å². The zero-order chi connectivity index (χ0) is 20.3. The lowest BCUT2D eigenvalue weighted by Crippen LogP contribution is -2.39. The van der Waals surface area contributed by atoms with Gasteiger partial charge in [0.05, 0.1) is 0 Å². The summed E-state index contributed by atoms with van der Waals surface area (Å²) in [5.41, 5.74) is 0. The van der Waals surface area contributed by atoms with E-state index in [0.29, 0.717) is 6.17 Å². The third-order valence-electron chi connectivity index (χ3n) is 6.28. The van der Waals surface area contributed by atoms with Crippen LogP contribution in [0.4, 0.5) is 0 Å². The zero-order valence-electron chi connectivity index (χ0n) is 19.8. The van der Waals surface area contributed by atoms with Crippen molar-refractivity contribution in [1.29, 1.82) is 0 Å². The van der Waals surface area contributed by atoms with Crippen molar-refractivity contribution in [2.45, 2.75) is 143 Å². The molecule has 0 amide bonds. The van der Waals surface area contributed by atoms with E-state index in [0.717, 1.165) is 0 Å². The van der Waals surface area contributed by atoms with E-state index in [1.54, 1.807) is 0 Å². The molecule has 166 valence electrons. The van der Waals surface area contributed by atoms with Gasteiger partial charge in [0.25, 0.3) is 0 Å². The van der Waals surface area contributed by atoms with Gasteiger partial charge in [-0.1, -0.05) is 111 Å². The molecule has 0 saturated heterocycles. The summed E-state index contributed by atoms with van der Waals surface area (Å²) in [4.78, 5) is 5.21. The van der Waals surface area contributed by atoms with Gasteiger partial charge in [0.2, 0.25) is 0 Å². The molecule has 1 aliphatic heterocycles. The fourth-order valence-corrected chi connectivity index (χ4v) is 4.49. The summed E-state index contributed by atoms with van der Waals surface area (Å²) in [5, 5.41) is 0. The van der Waals surface area contributed by atoms with Crippen molar-refractivity contribution in [3.05, 3.63) is 12.4 Å². The fraction of sp³-hybridized carbons (Fsp3) is 0.923. The van der Waals surface area contributed by atoms with Crippen LogP contribution in [-0.2, 0) is 0 Å². The lowest BCUT2D eigenvalue weighted by Gasteiger charge is -2.33. The molecule has 1 atom stereocenters. The molecule has 2 nitrogen and oxygen atoms in total. The molecule has 0 aromatic heterocycles. The first-order valence-corrected chi connectivity index (χ1v) is 13.0. The highest BCUT2D eigenvalue weighted by Gasteiger charge is 2.24. The molecule has 1 aliphatic rings. The fourth-order valence-electron chi connectivity index (χ4n) is 4.49. The Morgan fingerprint density at radius 1 is 0.464 bits per heavy atom. The molecule has 2 heteroatoms. The van der Waals surface area contributed by atoms with Crippen LogP contribution in [0.2, 0.25) is 0 Å². The molecule has 0 aromatic carbocycles. The van der Waals surface area contributed by atoms with Crippen molar-refractivity contribution in [3.63, 3.8) is 0 Å². The molecule has 0 fully saturated rings. The van der Waals surface area contributed by atoms with Crippen LogP contribution in [0.3, 0.4) is 0 Å². The number of hydrogen-bond acceptors (Lipinski definition) is 2. The Morgan fingerprint density at radius 3 is 1.39 bits per heavy atom. The molecule has 0 N–H and O–H groups in total. The summed E-state index contributed by atoms with van der Waals surface area (Å²) in [7, 11) is 0. The van der Waals surface area contributed by atoms with Gasteiger partial charge in [-0.2, -0.15) is 0 Å². The minimum absolute atomic E-state index is 0.642. The minimum Gasteiger partial charge on any atom is -0.356 e. The van der Waals surface area contributed by atoms with Gasteiger partial charge in [-0.3, -0.25) is 0 Å². The maximum atomic E-state index is 2.63. The van der Waals surface area contributed by atoms with Crippen LogP contribution < -0.4 is 0 Å². The van der Waals surface area contributed by atoms with Gasteiger partial charge in [-0.25, -0.2) is 0 Å². The smallest absolute Gasteiger partial charge is 0.101 e. The van der Waals surface area contributed by atoms with Gasteiger partial charge >= 0.3 is 0 Å². The monoisotopic (exact) mass is 392 g/mol. The van der Waals surface area contributed by atoms with Crippen LogP contribution in [0.1, 0.15) is 136 Å². The summed E-state index contributed by atoms with van der Waals surface area (Å²) in [6, 6.07) is 0. The SMILES string of the molecule is CCCCCCCCCCCCCCCN1C=CN(CCC)C1CCCCC. The average Bonchev–Trinajstić information content (AvgIpc) is 3.08. The van der Waals surface area contributed by atoms with E-state index in [4.69, 9.17) is 0 Å². The van der Waals surface area contributed by atoms with Gasteiger partial charge in [0, 0.05) is 25.5 Å². The molecule has 0 saturated carbocycles. The Balaban J connectivity index is 2.00. The van der Waals surface area contributed by atoms with Gasteiger partial charge in [0.15, 0.2) is 0 Å². The van der Waals surface area contributed by atoms with E-state index in [2.05, 4.69) is 43.0 Å². The van der Waals surface area contributed by atoms with E-state index in [1.165, 1.54) is 129 Å². The average molecular weight is 393 g/mol. The summed E-state index contributed by atoms with van der Waals surface area (Å²) in [5.74, 6) is 0. The largest absolute Gasteiger partial charge is 0.356 e. The molecule has 1 rings (SSSR count). The zero-order valence-corrected chi connectivity index (χ0v) is 19.8. The summed E-state index contributed by atoms with van der Waals surface area (Å²) in [6.45, 7) is 9.37. The second-order valence-electron chi connectivity index (χ2n) is 8.99. The van der Waals surface area contributed by atoms with Crippen LogP contribution in [0.5, 0.6) is 0 Å². The highest BCUT2D eigenvalue weighted by atomic mass is 15.4. The molecule has 0 aromatic rings. The molecule has 0 aliphatic carbocycles. The normalized spacial score (nSPS) is 16.5. The second-order valence-corrected chi connectivity index (χ2v) is 8.99. The molecule has 28 heavy (non-hydrogen) atoms. The van der Waals surface area contributed by atoms with E-state index in [9.17, 15) is 0 Å². The Bertz CT molecular complexity index is 352. The molecular weight excluding hydrogens is 340 g/mol. The summed E-state index contributed by atoms with van der Waals surface area (Å²) >= 11 is 0. The van der Waals surface area contributed by atoms with Crippen molar-refractivity contribution in [2.75, 3.05) is 13.1 Å². The van der Waals surface area contributed by atoms with Crippen molar-refractivity contribution in [1.82, 2.24) is 9.80 Å². The number of unbranched alkanes of at least 4 members (excludes halogenated alkanes) is 14. The molecule has 1 unspecified atom stereocenters. The maximum Gasteiger partial charge on any atom is 0.101 e. The van der Waals surface area contributed by atoms with Crippen molar-refractivity contribution >= 4 is 0 Å². The van der Waals surface area contributed by atoms with Crippen LogP contribution >= 0.6 is 0 Å². The highest BCUT2D eigenvalue weighted by Crippen LogP contribution is 2.22. The van der Waals surface area contributed by atoms with E-state index < -0.39 is 0 Å². The Labute approximate surface area is 178 Å². The van der Waals surface area contributed by atoms with Gasteiger partial charge < -0.3 is 9.80 Å². The molecule has 0 radical (unpaired) electrons. The van der Waals surface area contributed by atoms with E-state index >= 15 is 0 Å². The molecule has 0 spiro atoms. The third kappa shape index (κ3) is 12.0. The lowest BCUT2D eigenvalue weighted by atomic mass is 10.0. The first kappa shape index (κ1) is 25.4. The predicted octanol–water partition coefficient (Wildman–Crippen LogP) is 8.48.